The first kappa shape index (κ1) is 37.2. The number of carbonyl (C=O) groups is 2. The molecule has 2 saturated heterocycles. The number of alkyl halides is 6. The average Bonchev–Trinajstić information content (AvgIpc) is 3.56. The highest BCUT2D eigenvalue weighted by atomic mass is 32.1. The van der Waals surface area contributed by atoms with E-state index < -0.39 is 57.6 Å². The average molecular weight is 732 g/mol. The van der Waals surface area contributed by atoms with E-state index in [-0.39, 0.29) is 57.9 Å². The number of hydrogen-bond donors (Lipinski definition) is 1. The maximum Gasteiger partial charge on any atom is 0.425 e. The fourth-order valence-electron chi connectivity index (χ4n) is 6.67. The molecule has 1 N–H and O–H groups in total. The zero-order valence-corrected chi connectivity index (χ0v) is 27.8. The van der Waals surface area contributed by atoms with Gasteiger partial charge < -0.3 is 29.3 Å². The van der Waals surface area contributed by atoms with Gasteiger partial charge in [0.05, 0.1) is 29.5 Å². The first-order chi connectivity index (χ1) is 23.7. The number of carbonyl (C=O) groups excluding carboxylic acids is 2. The number of para-hydroxylation sites is 2. The first-order valence-electron chi connectivity index (χ1n) is 16.1. The van der Waals surface area contributed by atoms with Crippen molar-refractivity contribution in [2.75, 3.05) is 50.8 Å². The SMILES string of the molecule is CCC[C@H]1N(C(=O)c2c(F)cccc2C(F)(F)F)CCC[C@@]1(Oc1csc(C(F)(F)F)c1)C(=O)N1CCN(c2ccccc2OCCO)CC1. The Balaban J connectivity index is 1.52. The van der Waals surface area contributed by atoms with Gasteiger partial charge in [-0.05, 0) is 37.1 Å². The van der Waals surface area contributed by atoms with Crippen LogP contribution in [-0.4, -0.2) is 84.3 Å². The molecule has 50 heavy (non-hydrogen) atoms. The Morgan fingerprint density at radius 3 is 2.34 bits per heavy atom. The van der Waals surface area contributed by atoms with Gasteiger partial charge in [0.1, 0.15) is 28.8 Å². The third-order valence-corrected chi connectivity index (χ3v) is 9.81. The summed E-state index contributed by atoms with van der Waals surface area (Å²) in [5.41, 5.74) is -3.95. The normalized spacial score (nSPS) is 20.2. The number of likely N-dealkylation sites (tertiary alicyclic amines) is 1. The molecular weight excluding hydrogens is 695 g/mol. The van der Waals surface area contributed by atoms with E-state index in [1.165, 1.54) is 4.90 Å². The number of piperazine rings is 1. The van der Waals surface area contributed by atoms with Crippen LogP contribution in [0, 0.1) is 5.82 Å². The Bertz CT molecular complexity index is 1660. The van der Waals surface area contributed by atoms with Gasteiger partial charge in [0.2, 0.25) is 5.60 Å². The third-order valence-electron chi connectivity index (χ3n) is 8.86. The van der Waals surface area contributed by atoms with Gasteiger partial charge >= 0.3 is 12.4 Å². The van der Waals surface area contributed by atoms with Crippen molar-refractivity contribution < 1.29 is 54.9 Å². The molecule has 1 aromatic heterocycles. The fourth-order valence-corrected chi connectivity index (χ4v) is 7.35. The van der Waals surface area contributed by atoms with Crippen LogP contribution in [0.5, 0.6) is 11.5 Å². The van der Waals surface area contributed by atoms with E-state index in [1.807, 2.05) is 11.0 Å². The summed E-state index contributed by atoms with van der Waals surface area (Å²) in [6.45, 7) is 2.34. The number of aliphatic hydroxyl groups is 1. The minimum atomic E-state index is -5.07. The molecule has 0 bridgehead atoms. The molecule has 16 heteroatoms. The molecule has 0 spiro atoms. The predicted molar refractivity (Wildman–Crippen MR) is 171 cm³/mol. The van der Waals surface area contributed by atoms with Gasteiger partial charge in [-0.15, -0.1) is 11.3 Å². The van der Waals surface area contributed by atoms with Crippen molar-refractivity contribution in [3.63, 3.8) is 0 Å². The van der Waals surface area contributed by atoms with E-state index in [0.717, 1.165) is 34.2 Å². The molecule has 3 heterocycles. The zero-order chi connectivity index (χ0) is 36.3. The highest BCUT2D eigenvalue weighted by Gasteiger charge is 2.56. The Morgan fingerprint density at radius 1 is 0.980 bits per heavy atom. The molecule has 5 rings (SSSR count). The van der Waals surface area contributed by atoms with Gasteiger partial charge in [0, 0.05) is 50.6 Å². The number of nitrogens with zero attached hydrogens (tertiary/aromatic N) is 3. The standard InChI is InChI=1S/C34H36F7N3O5S/c1-2-7-27-32(49-22-20-28(50-21-22)34(39,40)41,12-6-13-44(27)30(46)29-23(33(36,37)38)8-5-9-24(29)35)31(47)43-16-14-42(15-17-43)25-10-3-4-11-26(25)48-19-18-45/h3-5,8-11,20-21,27,45H,2,6-7,12-19H2,1H3/t27-,32+/m1/s1. The molecule has 2 atom stereocenters. The number of halogens is 7. The molecule has 0 aliphatic carbocycles. The summed E-state index contributed by atoms with van der Waals surface area (Å²) in [5.74, 6) is -3.07. The summed E-state index contributed by atoms with van der Waals surface area (Å²) >= 11 is 0.357. The summed E-state index contributed by atoms with van der Waals surface area (Å²) in [4.78, 5) is 32.2. The zero-order valence-electron chi connectivity index (χ0n) is 27.0. The highest BCUT2D eigenvalue weighted by Crippen LogP contribution is 2.43. The van der Waals surface area contributed by atoms with Crippen molar-refractivity contribution in [3.05, 3.63) is 75.7 Å². The van der Waals surface area contributed by atoms with Crippen molar-refractivity contribution >= 4 is 28.8 Å². The minimum absolute atomic E-state index is 0.0269. The number of thiophene rings is 1. The Kier molecular flexibility index (Phi) is 11.2. The molecule has 3 aromatic rings. The predicted octanol–water partition coefficient (Wildman–Crippen LogP) is 6.87. The molecule has 8 nitrogen and oxygen atoms in total. The van der Waals surface area contributed by atoms with Crippen molar-refractivity contribution in [2.24, 2.45) is 0 Å². The molecule has 2 fully saturated rings. The van der Waals surface area contributed by atoms with Crippen LogP contribution in [0.1, 0.15) is 53.4 Å². The van der Waals surface area contributed by atoms with Crippen LogP contribution in [0.4, 0.5) is 36.4 Å². The second-order valence-corrected chi connectivity index (χ2v) is 12.9. The van der Waals surface area contributed by atoms with Crippen LogP contribution in [0.15, 0.2) is 53.9 Å². The fraction of sp³-hybridized carbons (Fsp3) is 0.471. The monoisotopic (exact) mass is 731 g/mol. The second kappa shape index (κ2) is 15.1. The topological polar surface area (TPSA) is 82.6 Å². The number of ether oxygens (including phenoxy) is 2. The molecule has 0 radical (unpaired) electrons. The van der Waals surface area contributed by atoms with Crippen LogP contribution in [-0.2, 0) is 17.1 Å². The van der Waals surface area contributed by atoms with Crippen LogP contribution in [0.3, 0.4) is 0 Å². The van der Waals surface area contributed by atoms with Crippen LogP contribution in [0.2, 0.25) is 0 Å². The smallest absolute Gasteiger partial charge is 0.425 e. The van der Waals surface area contributed by atoms with Crippen molar-refractivity contribution in [3.8, 4) is 11.5 Å². The van der Waals surface area contributed by atoms with E-state index in [2.05, 4.69) is 0 Å². The maximum atomic E-state index is 15.1. The Morgan fingerprint density at radius 2 is 1.70 bits per heavy atom. The number of rotatable bonds is 10. The molecule has 2 amide bonds. The molecule has 2 aliphatic rings. The summed E-state index contributed by atoms with van der Waals surface area (Å²) in [5, 5.41) is 10.3. The maximum absolute atomic E-state index is 15.1. The molecule has 2 aromatic carbocycles. The van der Waals surface area contributed by atoms with E-state index in [4.69, 9.17) is 9.47 Å². The molecule has 2 aliphatic heterocycles. The van der Waals surface area contributed by atoms with Gasteiger partial charge in [0.25, 0.3) is 11.8 Å². The third kappa shape index (κ3) is 7.65. The quantitative estimate of drug-likeness (QED) is 0.230. The van der Waals surface area contributed by atoms with Crippen molar-refractivity contribution in [1.82, 2.24) is 9.80 Å². The van der Waals surface area contributed by atoms with Crippen molar-refractivity contribution in [2.45, 2.75) is 56.6 Å². The van der Waals surface area contributed by atoms with Gasteiger partial charge in [-0.25, -0.2) is 4.39 Å². The molecule has 0 unspecified atom stereocenters. The number of anilines is 1. The van der Waals surface area contributed by atoms with E-state index in [0.29, 0.717) is 42.7 Å². The van der Waals surface area contributed by atoms with Gasteiger partial charge in [-0.2, -0.15) is 26.3 Å². The lowest BCUT2D eigenvalue weighted by Crippen LogP contribution is -2.69. The summed E-state index contributed by atoms with van der Waals surface area (Å²) in [7, 11) is 0. The summed E-state index contributed by atoms with van der Waals surface area (Å²) < 4.78 is 110. The number of piperidine rings is 1. The number of amides is 2. The lowest BCUT2D eigenvalue weighted by Gasteiger charge is -2.51. The van der Waals surface area contributed by atoms with E-state index in [1.54, 1.807) is 25.1 Å². The first-order valence-corrected chi connectivity index (χ1v) is 17.0. The molecule has 0 saturated carbocycles. The summed E-state index contributed by atoms with van der Waals surface area (Å²) in [6, 6.07) is 8.83. The Labute approximate surface area is 288 Å². The number of hydrogen-bond acceptors (Lipinski definition) is 7. The largest absolute Gasteiger partial charge is 0.489 e. The van der Waals surface area contributed by atoms with Gasteiger partial charge in [0.15, 0.2) is 0 Å². The minimum Gasteiger partial charge on any atom is -0.489 e. The second-order valence-electron chi connectivity index (χ2n) is 12.0. The van der Waals surface area contributed by atoms with E-state index >= 15 is 4.39 Å². The lowest BCUT2D eigenvalue weighted by molar-refractivity contribution is -0.159. The molecular formula is C34H36F7N3O5S. The summed E-state index contributed by atoms with van der Waals surface area (Å²) in [6.07, 6.45) is -9.45. The number of benzene rings is 2. The highest BCUT2D eigenvalue weighted by molar-refractivity contribution is 7.10. The lowest BCUT2D eigenvalue weighted by atomic mass is 9.79. The Hall–Kier alpha value is -4.05. The van der Waals surface area contributed by atoms with Crippen LogP contribution in [0.25, 0.3) is 0 Å². The van der Waals surface area contributed by atoms with E-state index in [9.17, 15) is 41.0 Å². The van der Waals surface area contributed by atoms with Gasteiger partial charge in [-0.3, -0.25) is 9.59 Å². The van der Waals surface area contributed by atoms with Gasteiger partial charge in [-0.1, -0.05) is 31.5 Å². The number of aliphatic hydroxyl groups excluding tert-OH is 1. The van der Waals surface area contributed by atoms with Crippen molar-refractivity contribution in [1.29, 1.82) is 0 Å². The van der Waals surface area contributed by atoms with Crippen LogP contribution >= 0.6 is 11.3 Å². The molecule has 272 valence electrons. The van der Waals surface area contributed by atoms with Crippen LogP contribution < -0.4 is 14.4 Å².